The molecule has 2 heterocycles. The molecule has 4 rings (SSSR count). The average Bonchev–Trinajstić information content (AvgIpc) is 3.30. The first-order chi connectivity index (χ1) is 17.1. The summed E-state index contributed by atoms with van der Waals surface area (Å²) in [5.41, 5.74) is 10.2. The van der Waals surface area contributed by atoms with E-state index in [1.807, 2.05) is 40.6 Å². The van der Waals surface area contributed by atoms with Gasteiger partial charge in [-0.3, -0.25) is 4.79 Å². The van der Waals surface area contributed by atoms with Crippen LogP contribution in [0.2, 0.25) is 0 Å². The van der Waals surface area contributed by atoms with Gasteiger partial charge < -0.3 is 20.3 Å². The lowest BCUT2D eigenvalue weighted by Crippen LogP contribution is -2.46. The van der Waals surface area contributed by atoms with Gasteiger partial charge in [-0.2, -0.15) is 5.26 Å². The van der Waals surface area contributed by atoms with Crippen molar-refractivity contribution in [2.45, 2.75) is 37.3 Å². The summed E-state index contributed by atoms with van der Waals surface area (Å²) < 4.78 is 6.06. The van der Waals surface area contributed by atoms with E-state index in [1.165, 1.54) is 11.3 Å². The maximum atomic E-state index is 12.8. The van der Waals surface area contributed by atoms with Gasteiger partial charge in [0.25, 0.3) is 0 Å². The van der Waals surface area contributed by atoms with Crippen LogP contribution >= 0.6 is 11.3 Å². The number of rotatable bonds is 9. The molecule has 2 aliphatic rings. The van der Waals surface area contributed by atoms with Gasteiger partial charge in [-0.25, -0.2) is 4.98 Å². The van der Waals surface area contributed by atoms with Gasteiger partial charge in [0.15, 0.2) is 5.60 Å². The number of aromatic nitrogens is 1. The van der Waals surface area contributed by atoms with Crippen molar-refractivity contribution in [1.29, 1.82) is 5.26 Å². The van der Waals surface area contributed by atoms with Gasteiger partial charge in [0.2, 0.25) is 5.91 Å². The largest absolute Gasteiger partial charge is 0.356 e. The van der Waals surface area contributed by atoms with Gasteiger partial charge in [-0.05, 0) is 36.6 Å². The molecule has 1 aliphatic carbocycles. The molecule has 8 heteroatoms. The number of thiazole rings is 1. The number of allylic oxidation sites excluding steroid dienone is 2. The van der Waals surface area contributed by atoms with Crippen LogP contribution in [0.15, 0.2) is 59.5 Å². The number of carbonyl (C=O) groups excluding carboxylic acids is 1. The fraction of sp³-hybridized carbons (Fsp3) is 0.444. The Morgan fingerprint density at radius 1 is 1.26 bits per heavy atom. The number of benzene rings is 1. The van der Waals surface area contributed by atoms with Crippen molar-refractivity contribution in [3.8, 4) is 6.07 Å². The van der Waals surface area contributed by atoms with Crippen molar-refractivity contribution in [1.82, 2.24) is 14.8 Å². The van der Waals surface area contributed by atoms with Crippen molar-refractivity contribution in [3.63, 3.8) is 0 Å². The van der Waals surface area contributed by atoms with Crippen LogP contribution in [-0.4, -0.2) is 71.7 Å². The average molecular weight is 492 g/mol. The van der Waals surface area contributed by atoms with Gasteiger partial charge >= 0.3 is 0 Å². The molecule has 1 aliphatic heterocycles. The van der Waals surface area contributed by atoms with E-state index in [-0.39, 0.29) is 5.91 Å². The number of ether oxygens (including phenoxy) is 1. The summed E-state index contributed by atoms with van der Waals surface area (Å²) in [5.74, 6) is 0.00570. The monoisotopic (exact) mass is 491 g/mol. The van der Waals surface area contributed by atoms with Crippen LogP contribution in [0.1, 0.15) is 30.5 Å². The van der Waals surface area contributed by atoms with E-state index in [0.717, 1.165) is 55.9 Å². The molecular weight excluding hydrogens is 458 g/mol. The van der Waals surface area contributed by atoms with Crippen LogP contribution in [0.25, 0.3) is 5.57 Å². The SMILES string of the molecule is N#CC1(OCCCN2CCCN(C(=O)[C@H](N)Cc3cscn3)CC2)C=CC(c2ccccc2)=CC1. The van der Waals surface area contributed by atoms with Crippen molar-refractivity contribution >= 4 is 22.8 Å². The Morgan fingerprint density at radius 3 is 2.83 bits per heavy atom. The zero-order valence-corrected chi connectivity index (χ0v) is 20.8. The van der Waals surface area contributed by atoms with Crippen LogP contribution in [0.5, 0.6) is 0 Å². The Bertz CT molecular complexity index is 1060. The Kier molecular flexibility index (Phi) is 8.83. The second-order valence-electron chi connectivity index (χ2n) is 9.08. The third-order valence-electron chi connectivity index (χ3n) is 6.56. The highest BCUT2D eigenvalue weighted by Crippen LogP contribution is 2.29. The second kappa shape index (κ2) is 12.2. The van der Waals surface area contributed by atoms with Gasteiger partial charge in [0, 0.05) is 44.4 Å². The summed E-state index contributed by atoms with van der Waals surface area (Å²) in [6.07, 6.45) is 8.75. The van der Waals surface area contributed by atoms with Crippen LogP contribution < -0.4 is 5.73 Å². The molecule has 0 spiro atoms. The molecule has 184 valence electrons. The van der Waals surface area contributed by atoms with Crippen molar-refractivity contribution in [2.24, 2.45) is 5.73 Å². The fourth-order valence-electron chi connectivity index (χ4n) is 4.53. The first-order valence-electron chi connectivity index (χ1n) is 12.2. The maximum Gasteiger partial charge on any atom is 0.239 e. The van der Waals surface area contributed by atoms with Crippen LogP contribution in [0.4, 0.5) is 0 Å². The Labute approximate surface area is 211 Å². The topological polar surface area (TPSA) is 95.5 Å². The molecule has 7 nitrogen and oxygen atoms in total. The molecule has 1 unspecified atom stereocenters. The lowest BCUT2D eigenvalue weighted by Gasteiger charge is -2.27. The summed E-state index contributed by atoms with van der Waals surface area (Å²) >= 11 is 1.52. The smallest absolute Gasteiger partial charge is 0.239 e. The molecule has 1 aromatic heterocycles. The number of amides is 1. The number of hydrogen-bond acceptors (Lipinski definition) is 7. The normalized spacial score (nSPS) is 21.7. The minimum atomic E-state index is -0.895. The Hall–Kier alpha value is -2.83. The molecule has 1 amide bonds. The molecule has 35 heavy (non-hydrogen) atoms. The molecular formula is C27H33N5O2S. The van der Waals surface area contributed by atoms with Crippen LogP contribution in [0.3, 0.4) is 0 Å². The van der Waals surface area contributed by atoms with Gasteiger partial charge in [0.05, 0.1) is 23.9 Å². The molecule has 1 saturated heterocycles. The molecule has 1 fully saturated rings. The first-order valence-corrected chi connectivity index (χ1v) is 13.2. The molecule has 1 aromatic carbocycles. The van der Waals surface area contributed by atoms with Crippen molar-refractivity contribution in [2.75, 3.05) is 39.3 Å². The number of nitriles is 1. The molecule has 0 radical (unpaired) electrons. The summed E-state index contributed by atoms with van der Waals surface area (Å²) in [6.45, 7) is 4.57. The number of nitrogens with zero attached hydrogens (tertiary/aromatic N) is 4. The molecule has 0 saturated carbocycles. The summed E-state index contributed by atoms with van der Waals surface area (Å²) in [7, 11) is 0. The number of nitrogens with two attached hydrogens (primary N) is 1. The minimum absolute atomic E-state index is 0.00570. The quantitative estimate of drug-likeness (QED) is 0.541. The lowest BCUT2D eigenvalue weighted by molar-refractivity contribution is -0.132. The van der Waals surface area contributed by atoms with Gasteiger partial charge in [-0.15, -0.1) is 11.3 Å². The molecule has 0 bridgehead atoms. The minimum Gasteiger partial charge on any atom is -0.356 e. The number of carbonyl (C=O) groups is 1. The third-order valence-corrected chi connectivity index (χ3v) is 7.20. The first kappa shape index (κ1) is 25.3. The summed E-state index contributed by atoms with van der Waals surface area (Å²) in [5, 5.41) is 11.7. The van der Waals surface area contributed by atoms with E-state index < -0.39 is 11.6 Å². The van der Waals surface area contributed by atoms with E-state index in [9.17, 15) is 10.1 Å². The van der Waals surface area contributed by atoms with Crippen molar-refractivity contribution in [3.05, 3.63) is 70.7 Å². The molecule has 2 aromatic rings. The summed E-state index contributed by atoms with van der Waals surface area (Å²) in [4.78, 5) is 21.3. The number of hydrogen-bond donors (Lipinski definition) is 1. The molecule has 2 N–H and O–H groups in total. The van der Waals surface area contributed by atoms with Crippen molar-refractivity contribution < 1.29 is 9.53 Å². The van der Waals surface area contributed by atoms with E-state index in [0.29, 0.717) is 26.0 Å². The third kappa shape index (κ3) is 6.86. The summed E-state index contributed by atoms with van der Waals surface area (Å²) in [6, 6.07) is 12.0. The predicted molar refractivity (Wildman–Crippen MR) is 139 cm³/mol. The van der Waals surface area contributed by atoms with Gasteiger partial charge in [-0.1, -0.05) is 42.5 Å². The molecule has 2 atom stereocenters. The lowest BCUT2D eigenvalue weighted by atomic mass is 9.90. The predicted octanol–water partition coefficient (Wildman–Crippen LogP) is 3.26. The highest BCUT2D eigenvalue weighted by Gasteiger charge is 2.29. The maximum absolute atomic E-state index is 12.8. The Balaban J connectivity index is 1.19. The van der Waals surface area contributed by atoms with Crippen LogP contribution in [0, 0.1) is 11.3 Å². The zero-order chi connectivity index (χ0) is 24.5. The van der Waals surface area contributed by atoms with E-state index in [4.69, 9.17) is 10.5 Å². The van der Waals surface area contributed by atoms with Crippen LogP contribution in [-0.2, 0) is 16.0 Å². The fourth-order valence-corrected chi connectivity index (χ4v) is 5.10. The van der Waals surface area contributed by atoms with E-state index in [1.54, 1.807) is 5.51 Å². The van der Waals surface area contributed by atoms with E-state index in [2.05, 4.69) is 34.2 Å². The highest BCUT2D eigenvalue weighted by molar-refractivity contribution is 7.07. The second-order valence-corrected chi connectivity index (χ2v) is 9.80. The Morgan fingerprint density at radius 2 is 2.11 bits per heavy atom. The standard InChI is InChI=1S/C27H33N5O2S/c28-20-27(10-8-23(9-11-27)22-6-2-1-3-7-22)34-17-5-13-31-12-4-14-32(16-15-31)26(33)25(29)18-24-19-35-21-30-24/h1-3,6-10,19,21,25H,4-5,11-18,29H2/t25-,27?/m1/s1. The van der Waals surface area contributed by atoms with Gasteiger partial charge in [0.1, 0.15) is 6.07 Å². The highest BCUT2D eigenvalue weighted by atomic mass is 32.1. The zero-order valence-electron chi connectivity index (χ0n) is 20.0. The van der Waals surface area contributed by atoms with E-state index >= 15 is 0 Å².